The largest absolute Gasteiger partial charge is 0.481 e. The Labute approximate surface area is 183 Å². The van der Waals surface area contributed by atoms with Crippen LogP contribution in [0, 0.1) is 18.8 Å². The lowest BCUT2D eigenvalue weighted by Gasteiger charge is -2.49. The number of aromatic nitrogens is 3. The van der Waals surface area contributed by atoms with Crippen molar-refractivity contribution in [1.82, 2.24) is 15.1 Å². The van der Waals surface area contributed by atoms with Crippen molar-refractivity contribution in [2.75, 3.05) is 19.0 Å². The molecule has 6 heteroatoms. The fourth-order valence-electron chi connectivity index (χ4n) is 5.60. The van der Waals surface area contributed by atoms with Gasteiger partial charge in [0.1, 0.15) is 0 Å². The normalized spacial score (nSPS) is 24.8. The molecule has 3 aliphatic rings. The predicted octanol–water partition coefficient (Wildman–Crippen LogP) is 5.40. The fraction of sp³-hybridized carbons (Fsp3) is 0.480. The zero-order valence-electron chi connectivity index (χ0n) is 18.3. The minimum absolute atomic E-state index is 0.112. The molecule has 6 rings (SSSR count). The Kier molecular flexibility index (Phi) is 5.38. The first-order valence-electron chi connectivity index (χ1n) is 11.3. The van der Waals surface area contributed by atoms with Crippen LogP contribution in [0.5, 0.6) is 5.88 Å². The van der Waals surface area contributed by atoms with Gasteiger partial charge in [0, 0.05) is 29.9 Å². The molecule has 3 aromatic rings. The summed E-state index contributed by atoms with van der Waals surface area (Å²) in [4.78, 5) is 8.81. The van der Waals surface area contributed by atoms with E-state index in [9.17, 15) is 0 Å². The lowest BCUT2D eigenvalue weighted by Crippen LogP contribution is -2.43. The van der Waals surface area contributed by atoms with E-state index in [4.69, 9.17) is 9.26 Å². The van der Waals surface area contributed by atoms with Crippen LogP contribution in [-0.4, -0.2) is 28.8 Å². The van der Waals surface area contributed by atoms with Gasteiger partial charge in [-0.25, -0.2) is 4.98 Å². The maximum absolute atomic E-state index is 5.63. The smallest absolute Gasteiger partial charge is 0.232 e. The third kappa shape index (κ3) is 4.03. The number of pyridine rings is 1. The summed E-state index contributed by atoms with van der Waals surface area (Å²) in [7, 11) is 1.64. The SMILES string of the molecule is COc1cc(-c2cccc(NCCC3CC4(c5nc(C)no5)CCC3CC4)c2)ccn1. The van der Waals surface area contributed by atoms with Crippen LogP contribution in [0.2, 0.25) is 0 Å². The lowest BCUT2D eigenvalue weighted by atomic mass is 9.55. The molecule has 3 saturated carbocycles. The highest BCUT2D eigenvalue weighted by atomic mass is 16.5. The summed E-state index contributed by atoms with van der Waals surface area (Å²) in [6.45, 7) is 2.89. The van der Waals surface area contributed by atoms with E-state index in [1.54, 1.807) is 13.3 Å². The van der Waals surface area contributed by atoms with Crippen molar-refractivity contribution in [1.29, 1.82) is 0 Å². The van der Waals surface area contributed by atoms with Crippen molar-refractivity contribution in [3.05, 3.63) is 54.3 Å². The fourth-order valence-corrected chi connectivity index (χ4v) is 5.60. The van der Waals surface area contributed by atoms with Crippen LogP contribution < -0.4 is 10.1 Å². The van der Waals surface area contributed by atoms with Crippen LogP contribution in [0.1, 0.15) is 50.2 Å². The molecule has 1 atom stereocenters. The molecule has 1 aromatic carbocycles. The van der Waals surface area contributed by atoms with Crippen molar-refractivity contribution >= 4 is 5.69 Å². The molecule has 0 radical (unpaired) electrons. The topological polar surface area (TPSA) is 73.1 Å². The van der Waals surface area contributed by atoms with Gasteiger partial charge in [-0.05, 0) is 86.6 Å². The number of methoxy groups -OCH3 is 1. The van der Waals surface area contributed by atoms with E-state index >= 15 is 0 Å². The molecular formula is C25H30N4O2. The number of hydrogen-bond acceptors (Lipinski definition) is 6. The van der Waals surface area contributed by atoms with Gasteiger partial charge >= 0.3 is 0 Å². The van der Waals surface area contributed by atoms with Crippen molar-refractivity contribution < 1.29 is 9.26 Å². The molecule has 3 aliphatic carbocycles. The Morgan fingerprint density at radius 1 is 1.16 bits per heavy atom. The number of hydrogen-bond donors (Lipinski definition) is 1. The minimum Gasteiger partial charge on any atom is -0.481 e. The van der Waals surface area contributed by atoms with E-state index in [1.165, 1.54) is 38.5 Å². The van der Waals surface area contributed by atoms with Crippen molar-refractivity contribution in [3.63, 3.8) is 0 Å². The van der Waals surface area contributed by atoms with Crippen LogP contribution in [0.3, 0.4) is 0 Å². The van der Waals surface area contributed by atoms with Crippen LogP contribution in [0.25, 0.3) is 11.1 Å². The summed E-state index contributed by atoms with van der Waals surface area (Å²) in [5, 5.41) is 7.71. The van der Waals surface area contributed by atoms with E-state index in [0.717, 1.165) is 46.9 Å². The highest BCUT2D eigenvalue weighted by Crippen LogP contribution is 2.54. The van der Waals surface area contributed by atoms with Crippen LogP contribution >= 0.6 is 0 Å². The summed E-state index contributed by atoms with van der Waals surface area (Å²) in [5.41, 5.74) is 3.53. The molecule has 6 nitrogen and oxygen atoms in total. The zero-order chi connectivity index (χ0) is 21.3. The lowest BCUT2D eigenvalue weighted by molar-refractivity contribution is 0.0438. The second kappa shape index (κ2) is 8.33. The second-order valence-corrected chi connectivity index (χ2v) is 9.11. The first-order chi connectivity index (χ1) is 15.1. The first kappa shape index (κ1) is 20.0. The standard InChI is InChI=1S/C25H30N4O2/c1-17-28-24(31-29-17)25-10-6-18(7-11-25)21(16-25)9-12-26-22-5-3-4-19(14-22)20-8-13-27-23(15-20)30-2/h3-5,8,13-15,18,21,26H,6-7,9-12,16H2,1-2H3. The number of aryl methyl sites for hydroxylation is 1. The predicted molar refractivity (Wildman–Crippen MR) is 120 cm³/mol. The number of benzene rings is 1. The third-order valence-electron chi connectivity index (χ3n) is 7.27. The molecule has 31 heavy (non-hydrogen) atoms. The maximum Gasteiger partial charge on any atom is 0.232 e. The summed E-state index contributed by atoms with van der Waals surface area (Å²) in [5.74, 6) is 3.82. The number of nitrogens with zero attached hydrogens (tertiary/aromatic N) is 3. The van der Waals surface area contributed by atoms with Crippen LogP contribution in [-0.2, 0) is 5.41 Å². The van der Waals surface area contributed by atoms with Gasteiger partial charge in [-0.2, -0.15) is 4.98 Å². The molecule has 0 saturated heterocycles. The van der Waals surface area contributed by atoms with E-state index in [-0.39, 0.29) is 5.41 Å². The average molecular weight is 419 g/mol. The van der Waals surface area contributed by atoms with Gasteiger partial charge in [-0.15, -0.1) is 0 Å². The quantitative estimate of drug-likeness (QED) is 0.554. The molecular weight excluding hydrogens is 388 g/mol. The minimum atomic E-state index is 0.112. The highest BCUT2D eigenvalue weighted by molar-refractivity contribution is 5.68. The van der Waals surface area contributed by atoms with Gasteiger partial charge in [-0.1, -0.05) is 17.3 Å². The molecule has 0 aliphatic heterocycles. The van der Waals surface area contributed by atoms with Gasteiger partial charge in [0.25, 0.3) is 0 Å². The van der Waals surface area contributed by atoms with Gasteiger partial charge in [0.2, 0.25) is 11.8 Å². The number of nitrogens with one attached hydrogen (secondary N) is 1. The molecule has 0 spiro atoms. The van der Waals surface area contributed by atoms with Crippen LogP contribution in [0.4, 0.5) is 5.69 Å². The van der Waals surface area contributed by atoms with Crippen molar-refractivity contribution in [3.8, 4) is 17.0 Å². The Balaban J connectivity index is 1.22. The molecule has 0 amide bonds. The third-order valence-corrected chi connectivity index (χ3v) is 7.27. The highest BCUT2D eigenvalue weighted by Gasteiger charge is 2.49. The van der Waals surface area contributed by atoms with Crippen molar-refractivity contribution in [2.24, 2.45) is 11.8 Å². The average Bonchev–Trinajstić information content (AvgIpc) is 3.27. The molecule has 1 unspecified atom stereocenters. The molecule has 162 valence electrons. The number of ether oxygens (including phenoxy) is 1. The first-order valence-corrected chi connectivity index (χ1v) is 11.3. The summed E-state index contributed by atoms with van der Waals surface area (Å²) < 4.78 is 10.9. The van der Waals surface area contributed by atoms with Gasteiger partial charge in [-0.3, -0.25) is 0 Å². The molecule has 2 heterocycles. The summed E-state index contributed by atoms with van der Waals surface area (Å²) in [6.07, 6.45) is 9.09. The number of anilines is 1. The number of fused-ring (bicyclic) bond motifs is 3. The maximum atomic E-state index is 5.63. The van der Waals surface area contributed by atoms with E-state index in [1.807, 2.05) is 19.1 Å². The Bertz CT molecular complexity index is 1040. The van der Waals surface area contributed by atoms with Crippen LogP contribution in [0.15, 0.2) is 47.1 Å². The van der Waals surface area contributed by atoms with Gasteiger partial charge in [0.15, 0.2) is 5.82 Å². The van der Waals surface area contributed by atoms with Gasteiger partial charge in [0.05, 0.1) is 7.11 Å². The van der Waals surface area contributed by atoms with Gasteiger partial charge < -0.3 is 14.6 Å². The Morgan fingerprint density at radius 2 is 2.00 bits per heavy atom. The van der Waals surface area contributed by atoms with E-state index in [0.29, 0.717) is 5.88 Å². The van der Waals surface area contributed by atoms with E-state index in [2.05, 4.69) is 44.7 Å². The molecule has 3 fully saturated rings. The second-order valence-electron chi connectivity index (χ2n) is 9.11. The summed E-state index contributed by atoms with van der Waals surface area (Å²) in [6, 6.07) is 12.5. The Hall–Kier alpha value is -2.89. The summed E-state index contributed by atoms with van der Waals surface area (Å²) >= 11 is 0. The molecule has 2 aromatic heterocycles. The van der Waals surface area contributed by atoms with E-state index < -0.39 is 0 Å². The zero-order valence-corrected chi connectivity index (χ0v) is 18.3. The Morgan fingerprint density at radius 3 is 2.77 bits per heavy atom. The number of rotatable bonds is 7. The monoisotopic (exact) mass is 418 g/mol. The molecule has 1 N–H and O–H groups in total. The van der Waals surface area contributed by atoms with Crippen molar-refractivity contribution in [2.45, 2.75) is 50.9 Å². The molecule has 2 bridgehead atoms.